The lowest BCUT2D eigenvalue weighted by Crippen LogP contribution is -2.29. The summed E-state index contributed by atoms with van der Waals surface area (Å²) in [4.78, 5) is 0. The smallest absolute Gasteiger partial charge is 0.123 e. The zero-order valence-electron chi connectivity index (χ0n) is 11.3. The maximum atomic E-state index is 13.0. The molecule has 0 aromatic heterocycles. The number of hydrogen-bond acceptors (Lipinski definition) is 1. The monoisotopic (exact) mass is 265 g/mol. The fourth-order valence-electron chi connectivity index (χ4n) is 3.08. The predicted molar refractivity (Wildman–Crippen MR) is 76.6 cm³/mol. The summed E-state index contributed by atoms with van der Waals surface area (Å²) in [5.74, 6) is -0.228. The summed E-state index contributed by atoms with van der Waals surface area (Å²) < 4.78 is 13.0. The topological polar surface area (TPSA) is 23.8 Å². The minimum atomic E-state index is -0.355. The van der Waals surface area contributed by atoms with Crippen molar-refractivity contribution in [2.24, 2.45) is 5.41 Å². The lowest BCUT2D eigenvalue weighted by molar-refractivity contribution is 0.339. The lowest BCUT2D eigenvalue weighted by Gasteiger charge is -2.32. The Bertz CT molecular complexity index is 654. The number of aryl methyl sites for hydroxylation is 1. The number of nitrogens with zero attached hydrogens (tertiary/aromatic N) is 1. The van der Waals surface area contributed by atoms with Crippen LogP contribution in [0.2, 0.25) is 0 Å². The zero-order valence-corrected chi connectivity index (χ0v) is 11.3. The van der Waals surface area contributed by atoms with Crippen LogP contribution in [0.15, 0.2) is 48.5 Å². The first-order valence-corrected chi connectivity index (χ1v) is 6.93. The van der Waals surface area contributed by atoms with E-state index in [1.807, 2.05) is 6.07 Å². The Kier molecular flexibility index (Phi) is 3.28. The second kappa shape index (κ2) is 5.09. The third-order valence-electron chi connectivity index (χ3n) is 4.21. The van der Waals surface area contributed by atoms with Crippen LogP contribution in [-0.2, 0) is 19.3 Å². The first-order valence-electron chi connectivity index (χ1n) is 6.93. The van der Waals surface area contributed by atoms with Gasteiger partial charge >= 0.3 is 0 Å². The Labute approximate surface area is 118 Å². The molecule has 1 atom stereocenters. The quantitative estimate of drug-likeness (QED) is 0.803. The molecule has 0 radical (unpaired) electrons. The van der Waals surface area contributed by atoms with Gasteiger partial charge in [0.15, 0.2) is 0 Å². The largest absolute Gasteiger partial charge is 0.207 e. The molecule has 0 amide bonds. The van der Waals surface area contributed by atoms with Gasteiger partial charge in [-0.3, -0.25) is 0 Å². The molecule has 1 aliphatic carbocycles. The molecule has 1 unspecified atom stereocenters. The van der Waals surface area contributed by atoms with E-state index in [1.54, 1.807) is 12.1 Å². The van der Waals surface area contributed by atoms with Crippen LogP contribution in [0.1, 0.15) is 23.1 Å². The molecular formula is C18H16FN. The van der Waals surface area contributed by atoms with E-state index in [0.717, 1.165) is 24.8 Å². The minimum Gasteiger partial charge on any atom is -0.207 e. The van der Waals surface area contributed by atoms with E-state index in [2.05, 4.69) is 24.3 Å². The fourth-order valence-corrected chi connectivity index (χ4v) is 3.08. The summed E-state index contributed by atoms with van der Waals surface area (Å²) in [6.45, 7) is 0. The van der Waals surface area contributed by atoms with Gasteiger partial charge in [0.05, 0.1) is 11.5 Å². The Hall–Kier alpha value is -2.14. The van der Waals surface area contributed by atoms with E-state index < -0.39 is 0 Å². The van der Waals surface area contributed by atoms with E-state index >= 15 is 0 Å². The van der Waals surface area contributed by atoms with Crippen LogP contribution in [-0.4, -0.2) is 0 Å². The van der Waals surface area contributed by atoms with Crippen LogP contribution >= 0.6 is 0 Å². The molecule has 2 aromatic rings. The van der Waals surface area contributed by atoms with Crippen LogP contribution in [0.4, 0.5) is 4.39 Å². The summed E-state index contributed by atoms with van der Waals surface area (Å²) in [5.41, 5.74) is 3.32. The van der Waals surface area contributed by atoms with Crippen molar-refractivity contribution in [3.8, 4) is 6.07 Å². The maximum absolute atomic E-state index is 13.0. The number of fused-ring (bicyclic) bond motifs is 1. The summed E-state index contributed by atoms with van der Waals surface area (Å²) >= 11 is 0. The molecule has 0 bridgehead atoms. The van der Waals surface area contributed by atoms with Crippen molar-refractivity contribution in [1.82, 2.24) is 0 Å². The van der Waals surface area contributed by atoms with Crippen molar-refractivity contribution < 1.29 is 4.39 Å². The average molecular weight is 265 g/mol. The molecule has 100 valence electrons. The molecule has 2 aromatic carbocycles. The lowest BCUT2D eigenvalue weighted by atomic mass is 9.69. The first-order chi connectivity index (χ1) is 9.71. The molecule has 0 heterocycles. The Balaban J connectivity index is 1.87. The number of benzene rings is 2. The summed E-state index contributed by atoms with van der Waals surface area (Å²) in [6, 6.07) is 17.4. The van der Waals surface area contributed by atoms with Crippen molar-refractivity contribution in [2.75, 3.05) is 0 Å². The van der Waals surface area contributed by atoms with Crippen molar-refractivity contribution >= 4 is 0 Å². The molecule has 0 aliphatic heterocycles. The van der Waals surface area contributed by atoms with Crippen LogP contribution < -0.4 is 0 Å². The Morgan fingerprint density at radius 1 is 1.05 bits per heavy atom. The standard InChI is InChI=1S/C18H16FN/c19-17-7-5-14(6-8-17)11-18(13-20)10-9-15-3-1-2-4-16(15)12-18/h1-8H,9-12H2. The van der Waals surface area contributed by atoms with Crippen molar-refractivity contribution in [3.63, 3.8) is 0 Å². The molecule has 20 heavy (non-hydrogen) atoms. The van der Waals surface area contributed by atoms with E-state index in [0.29, 0.717) is 6.42 Å². The predicted octanol–water partition coefficient (Wildman–Crippen LogP) is 4.07. The molecule has 1 nitrogen and oxygen atoms in total. The van der Waals surface area contributed by atoms with Gasteiger partial charge < -0.3 is 0 Å². The number of halogens is 1. The third kappa shape index (κ3) is 2.44. The number of rotatable bonds is 2. The van der Waals surface area contributed by atoms with Crippen molar-refractivity contribution in [1.29, 1.82) is 5.26 Å². The zero-order chi connectivity index (χ0) is 14.0. The van der Waals surface area contributed by atoms with Gasteiger partial charge in [0.1, 0.15) is 5.82 Å². The van der Waals surface area contributed by atoms with Gasteiger partial charge in [-0.05, 0) is 54.5 Å². The SMILES string of the molecule is N#CC1(Cc2ccc(F)cc2)CCc2ccccc2C1. The molecule has 2 heteroatoms. The van der Waals surface area contributed by atoms with Gasteiger partial charge in [0.25, 0.3) is 0 Å². The van der Waals surface area contributed by atoms with Crippen LogP contribution in [0.25, 0.3) is 0 Å². The van der Waals surface area contributed by atoms with Crippen LogP contribution in [0.5, 0.6) is 0 Å². The van der Waals surface area contributed by atoms with Gasteiger partial charge in [0, 0.05) is 0 Å². The summed E-state index contributed by atoms with van der Waals surface area (Å²) in [7, 11) is 0. The maximum Gasteiger partial charge on any atom is 0.123 e. The highest BCUT2D eigenvalue weighted by Gasteiger charge is 2.34. The number of hydrogen-bond donors (Lipinski definition) is 0. The molecule has 0 spiro atoms. The second-order valence-electron chi connectivity index (χ2n) is 5.64. The van der Waals surface area contributed by atoms with Crippen molar-refractivity contribution in [2.45, 2.75) is 25.7 Å². The van der Waals surface area contributed by atoms with E-state index in [9.17, 15) is 9.65 Å². The van der Waals surface area contributed by atoms with Crippen LogP contribution in [0, 0.1) is 22.6 Å². The third-order valence-corrected chi connectivity index (χ3v) is 4.21. The van der Waals surface area contributed by atoms with E-state index in [1.165, 1.54) is 23.3 Å². The highest BCUT2D eigenvalue weighted by atomic mass is 19.1. The van der Waals surface area contributed by atoms with E-state index in [-0.39, 0.29) is 11.2 Å². The molecule has 0 fully saturated rings. The van der Waals surface area contributed by atoms with Crippen LogP contribution in [0.3, 0.4) is 0 Å². The van der Waals surface area contributed by atoms with Crippen molar-refractivity contribution in [3.05, 3.63) is 71.0 Å². The average Bonchev–Trinajstić information content (AvgIpc) is 2.49. The Morgan fingerprint density at radius 3 is 2.45 bits per heavy atom. The highest BCUT2D eigenvalue weighted by molar-refractivity contribution is 5.34. The van der Waals surface area contributed by atoms with E-state index in [4.69, 9.17) is 0 Å². The van der Waals surface area contributed by atoms with Gasteiger partial charge in [-0.2, -0.15) is 5.26 Å². The molecular weight excluding hydrogens is 249 g/mol. The molecule has 1 aliphatic rings. The van der Waals surface area contributed by atoms with Gasteiger partial charge in [-0.1, -0.05) is 36.4 Å². The minimum absolute atomic E-state index is 0.228. The fraction of sp³-hybridized carbons (Fsp3) is 0.278. The normalized spacial score (nSPS) is 21.0. The molecule has 0 N–H and O–H groups in total. The summed E-state index contributed by atoms with van der Waals surface area (Å²) in [6.07, 6.45) is 3.30. The summed E-state index contributed by atoms with van der Waals surface area (Å²) in [5, 5.41) is 9.66. The molecule has 0 saturated carbocycles. The Morgan fingerprint density at radius 2 is 1.75 bits per heavy atom. The van der Waals surface area contributed by atoms with Gasteiger partial charge in [-0.15, -0.1) is 0 Å². The van der Waals surface area contributed by atoms with Gasteiger partial charge in [-0.25, -0.2) is 4.39 Å². The second-order valence-corrected chi connectivity index (χ2v) is 5.64. The molecule has 0 saturated heterocycles. The highest BCUT2D eigenvalue weighted by Crippen LogP contribution is 2.37. The number of nitriles is 1. The molecule has 3 rings (SSSR count). The van der Waals surface area contributed by atoms with Gasteiger partial charge in [0.2, 0.25) is 0 Å². The first kappa shape index (κ1) is 12.9.